The van der Waals surface area contributed by atoms with E-state index in [2.05, 4.69) is 0 Å². The molecule has 1 spiro atoms. The van der Waals surface area contributed by atoms with Crippen LogP contribution in [0.3, 0.4) is 0 Å². The van der Waals surface area contributed by atoms with Crippen LogP contribution in [0.5, 0.6) is 0 Å². The maximum atomic E-state index is 8.88. The molecule has 6 N–H and O–H groups in total. The zero-order valence-electron chi connectivity index (χ0n) is 12.0. The molecule has 0 radical (unpaired) electrons. The monoisotopic (exact) mass is 348 g/mol. The van der Waals surface area contributed by atoms with Crippen LogP contribution in [0.25, 0.3) is 0 Å². The van der Waals surface area contributed by atoms with E-state index < -0.39 is 15.6 Å². The summed E-state index contributed by atoms with van der Waals surface area (Å²) in [5.74, 6) is 0. The predicted octanol–water partition coefficient (Wildman–Crippen LogP) is 2.04. The number of rotatable bonds is 0. The van der Waals surface area contributed by atoms with Gasteiger partial charge < -0.3 is 29.4 Å². The van der Waals surface area contributed by atoms with Crippen molar-refractivity contribution in [1.82, 2.24) is 0 Å². The fraction of sp³-hybridized carbons (Fsp3) is 1.00. The maximum absolute atomic E-state index is 8.88. The van der Waals surface area contributed by atoms with Gasteiger partial charge in [-0.1, -0.05) is 38.5 Å². The SMILES string of the molecule is C1CCC2(CC1)CCCCC2.O=P(O)(O)O.O=P(O)(O)O. The molecule has 0 amide bonds. The van der Waals surface area contributed by atoms with Gasteiger partial charge in [0.05, 0.1) is 0 Å². The summed E-state index contributed by atoms with van der Waals surface area (Å²) in [7, 11) is -9.28. The maximum Gasteiger partial charge on any atom is 0.466 e. The molecule has 0 aromatic carbocycles. The van der Waals surface area contributed by atoms with Crippen molar-refractivity contribution in [2.75, 3.05) is 0 Å². The van der Waals surface area contributed by atoms with Crippen molar-refractivity contribution in [3.05, 3.63) is 0 Å². The molecular weight excluding hydrogens is 322 g/mol. The highest BCUT2D eigenvalue weighted by atomic mass is 31.2. The third kappa shape index (κ3) is 16.4. The predicted molar refractivity (Wildman–Crippen MR) is 77.1 cm³/mol. The molecule has 0 bridgehead atoms. The molecule has 128 valence electrons. The van der Waals surface area contributed by atoms with E-state index in [1.54, 1.807) is 25.7 Å². The molecule has 2 aliphatic rings. The Morgan fingerprint density at radius 2 is 0.714 bits per heavy atom. The molecule has 8 nitrogen and oxygen atoms in total. The normalized spacial score (nSPS) is 21.6. The summed E-state index contributed by atoms with van der Waals surface area (Å²) in [5, 5.41) is 0. The van der Waals surface area contributed by atoms with Crippen molar-refractivity contribution in [3.8, 4) is 0 Å². The van der Waals surface area contributed by atoms with E-state index in [-0.39, 0.29) is 0 Å². The summed E-state index contributed by atoms with van der Waals surface area (Å²) in [6, 6.07) is 0. The Bertz CT molecular complexity index is 306. The van der Waals surface area contributed by atoms with Crippen molar-refractivity contribution >= 4 is 15.6 Å². The fourth-order valence-corrected chi connectivity index (χ4v) is 3.10. The topological polar surface area (TPSA) is 156 Å². The summed E-state index contributed by atoms with van der Waals surface area (Å²) < 4.78 is 17.8. The largest absolute Gasteiger partial charge is 0.466 e. The second-order valence-corrected chi connectivity index (χ2v) is 7.70. The average molecular weight is 348 g/mol. The molecule has 0 atom stereocenters. The minimum atomic E-state index is -4.64. The van der Waals surface area contributed by atoms with Crippen molar-refractivity contribution in [1.29, 1.82) is 0 Å². The van der Waals surface area contributed by atoms with Crippen molar-refractivity contribution in [2.45, 2.75) is 64.2 Å². The first-order valence-electron chi connectivity index (χ1n) is 6.98. The van der Waals surface area contributed by atoms with Gasteiger partial charge in [0.25, 0.3) is 0 Å². The second-order valence-electron chi connectivity index (χ2n) is 5.65. The summed E-state index contributed by atoms with van der Waals surface area (Å²) in [4.78, 5) is 43.1. The lowest BCUT2D eigenvalue weighted by molar-refractivity contribution is 0.124. The van der Waals surface area contributed by atoms with E-state index in [0.29, 0.717) is 0 Å². The highest BCUT2D eigenvalue weighted by Gasteiger charge is 2.32. The molecule has 21 heavy (non-hydrogen) atoms. The van der Waals surface area contributed by atoms with Crippen LogP contribution in [-0.4, -0.2) is 29.4 Å². The van der Waals surface area contributed by atoms with Crippen molar-refractivity contribution in [3.63, 3.8) is 0 Å². The van der Waals surface area contributed by atoms with Gasteiger partial charge in [0.2, 0.25) is 0 Å². The quantitative estimate of drug-likeness (QED) is 0.363. The highest BCUT2D eigenvalue weighted by molar-refractivity contribution is 7.45. The van der Waals surface area contributed by atoms with Gasteiger partial charge in [-0.05, 0) is 31.1 Å². The smallest absolute Gasteiger partial charge is 0.303 e. The molecular formula is C11H26O8P2. The molecule has 0 heterocycles. The van der Waals surface area contributed by atoms with E-state index in [4.69, 9.17) is 38.5 Å². The van der Waals surface area contributed by atoms with E-state index in [0.717, 1.165) is 5.41 Å². The van der Waals surface area contributed by atoms with Crippen LogP contribution < -0.4 is 0 Å². The summed E-state index contributed by atoms with van der Waals surface area (Å²) in [5.41, 5.74) is 0.858. The first-order valence-corrected chi connectivity index (χ1v) is 10.1. The Hall–Kier alpha value is 0.220. The Balaban J connectivity index is 0.000000340. The standard InChI is InChI=1S/C11H20.2H3O4P/c1-3-7-11(8-4-1)9-5-2-6-10-11;2*1-5(2,3)4/h1-10H2;2*(H3,1,2,3,4). The third-order valence-electron chi connectivity index (χ3n) is 3.83. The van der Waals surface area contributed by atoms with Crippen LogP contribution in [0.2, 0.25) is 0 Å². The van der Waals surface area contributed by atoms with Gasteiger partial charge in [-0.25, -0.2) is 9.13 Å². The molecule has 2 fully saturated rings. The molecule has 0 unspecified atom stereocenters. The lowest BCUT2D eigenvalue weighted by Gasteiger charge is -2.40. The first-order chi connectivity index (χ1) is 9.41. The molecule has 0 aliphatic heterocycles. The second kappa shape index (κ2) is 9.38. The zero-order valence-corrected chi connectivity index (χ0v) is 13.8. The number of phosphoric acid groups is 2. The van der Waals surface area contributed by atoms with Crippen LogP contribution in [-0.2, 0) is 9.13 Å². The van der Waals surface area contributed by atoms with E-state index in [9.17, 15) is 0 Å². The van der Waals surface area contributed by atoms with Gasteiger partial charge >= 0.3 is 15.6 Å². The molecule has 0 aromatic rings. The minimum Gasteiger partial charge on any atom is -0.303 e. The Labute approximate surface area is 124 Å². The van der Waals surface area contributed by atoms with Crippen LogP contribution >= 0.6 is 15.6 Å². The molecule has 0 aromatic heterocycles. The highest BCUT2D eigenvalue weighted by Crippen LogP contribution is 2.47. The van der Waals surface area contributed by atoms with Crippen molar-refractivity contribution < 1.29 is 38.5 Å². The zero-order chi connectivity index (χ0) is 16.6. The third-order valence-corrected chi connectivity index (χ3v) is 3.83. The Kier molecular flexibility index (Phi) is 9.48. The molecule has 2 saturated carbocycles. The lowest BCUT2D eigenvalue weighted by atomic mass is 9.65. The van der Waals surface area contributed by atoms with Gasteiger partial charge in [0, 0.05) is 0 Å². The van der Waals surface area contributed by atoms with Crippen LogP contribution in [0, 0.1) is 5.41 Å². The van der Waals surface area contributed by atoms with E-state index in [1.165, 1.54) is 38.5 Å². The summed E-state index contributed by atoms with van der Waals surface area (Å²) >= 11 is 0. The molecule has 0 saturated heterocycles. The molecule has 2 rings (SSSR count). The van der Waals surface area contributed by atoms with Crippen LogP contribution in [0.1, 0.15) is 64.2 Å². The van der Waals surface area contributed by atoms with E-state index in [1.807, 2.05) is 0 Å². The lowest BCUT2D eigenvalue weighted by Crippen LogP contribution is -2.26. The first kappa shape index (κ1) is 21.2. The number of hydrogen-bond acceptors (Lipinski definition) is 2. The Morgan fingerprint density at radius 1 is 0.524 bits per heavy atom. The van der Waals surface area contributed by atoms with Crippen molar-refractivity contribution in [2.24, 2.45) is 5.41 Å². The average Bonchev–Trinajstić information content (AvgIpc) is 2.26. The van der Waals surface area contributed by atoms with Crippen LogP contribution in [0.15, 0.2) is 0 Å². The van der Waals surface area contributed by atoms with Crippen LogP contribution in [0.4, 0.5) is 0 Å². The minimum absolute atomic E-state index is 0.858. The molecule has 10 heteroatoms. The van der Waals surface area contributed by atoms with Gasteiger partial charge in [0.1, 0.15) is 0 Å². The van der Waals surface area contributed by atoms with Gasteiger partial charge in [-0.2, -0.15) is 0 Å². The molecule has 2 aliphatic carbocycles. The number of hydrogen-bond donors (Lipinski definition) is 6. The van der Waals surface area contributed by atoms with Gasteiger partial charge in [0.15, 0.2) is 0 Å². The fourth-order valence-electron chi connectivity index (χ4n) is 3.10. The van der Waals surface area contributed by atoms with Gasteiger partial charge in [-0.3, -0.25) is 0 Å². The van der Waals surface area contributed by atoms with E-state index >= 15 is 0 Å². The summed E-state index contributed by atoms with van der Waals surface area (Å²) in [6.45, 7) is 0. The Morgan fingerprint density at radius 3 is 0.905 bits per heavy atom. The summed E-state index contributed by atoms with van der Waals surface area (Å²) in [6.07, 6.45) is 15.4. The van der Waals surface area contributed by atoms with Gasteiger partial charge in [-0.15, -0.1) is 0 Å².